The molecule has 1 fully saturated rings. The molecule has 0 unspecified atom stereocenters. The first-order chi connectivity index (χ1) is 17.7. The zero-order chi connectivity index (χ0) is 26.9. The first-order valence-electron chi connectivity index (χ1n) is 12.6. The predicted molar refractivity (Wildman–Crippen MR) is 139 cm³/mol. The predicted octanol–water partition coefficient (Wildman–Crippen LogP) is 2.45. The molecule has 3 atom stereocenters. The average molecular weight is 513 g/mol. The number of aromatic nitrogens is 1. The number of fused-ring (bicyclic) bond motifs is 1. The van der Waals surface area contributed by atoms with E-state index in [2.05, 4.69) is 20.9 Å². The van der Waals surface area contributed by atoms with Crippen LogP contribution in [-0.4, -0.2) is 61.0 Å². The van der Waals surface area contributed by atoms with Crippen LogP contribution in [0.4, 0.5) is 0 Å². The first kappa shape index (κ1) is 27.8. The molecule has 0 saturated carbocycles. The topological polar surface area (TPSA) is 139 Å². The van der Waals surface area contributed by atoms with Gasteiger partial charge in [-0.15, -0.1) is 0 Å². The minimum absolute atomic E-state index is 0.0787. The highest BCUT2D eigenvalue weighted by atomic mass is 16.5. The smallest absolute Gasteiger partial charge is 0.330 e. The minimum atomic E-state index is -0.822. The van der Waals surface area contributed by atoms with E-state index in [4.69, 9.17) is 9.47 Å². The zero-order valence-electron chi connectivity index (χ0n) is 21.8. The zero-order valence-corrected chi connectivity index (χ0v) is 21.8. The summed E-state index contributed by atoms with van der Waals surface area (Å²) >= 11 is 0. The van der Waals surface area contributed by atoms with Gasteiger partial charge >= 0.3 is 5.97 Å². The van der Waals surface area contributed by atoms with Crippen molar-refractivity contribution in [3.63, 3.8) is 0 Å². The average Bonchev–Trinajstić information content (AvgIpc) is 3.48. The molecule has 0 radical (unpaired) electrons. The Morgan fingerprint density at radius 1 is 1.22 bits per heavy atom. The van der Waals surface area contributed by atoms with Gasteiger partial charge in [-0.2, -0.15) is 0 Å². The number of methoxy groups -OCH3 is 1. The van der Waals surface area contributed by atoms with Crippen LogP contribution in [0.1, 0.15) is 50.5 Å². The lowest BCUT2D eigenvalue weighted by molar-refractivity contribution is -0.137. The van der Waals surface area contributed by atoms with E-state index in [-0.39, 0.29) is 24.3 Å². The molecule has 0 spiro atoms. The second-order valence-electron chi connectivity index (χ2n) is 9.50. The lowest BCUT2D eigenvalue weighted by atomic mass is 9.97. The van der Waals surface area contributed by atoms with Gasteiger partial charge in [0, 0.05) is 35.5 Å². The van der Waals surface area contributed by atoms with Crippen LogP contribution in [0.3, 0.4) is 0 Å². The van der Waals surface area contributed by atoms with Crippen LogP contribution in [0.15, 0.2) is 36.4 Å². The summed E-state index contributed by atoms with van der Waals surface area (Å²) in [6.07, 6.45) is 4.18. The maximum Gasteiger partial charge on any atom is 0.330 e. The van der Waals surface area contributed by atoms with E-state index >= 15 is 0 Å². The molecule has 3 rings (SSSR count). The fourth-order valence-corrected chi connectivity index (χ4v) is 4.40. The molecule has 2 heterocycles. The summed E-state index contributed by atoms with van der Waals surface area (Å²) in [4.78, 5) is 53.5. The number of aromatic amines is 1. The van der Waals surface area contributed by atoms with Crippen LogP contribution < -0.4 is 20.7 Å². The highest BCUT2D eigenvalue weighted by Gasteiger charge is 2.30. The molecule has 3 amide bonds. The number of H-pyrrole nitrogens is 1. The molecule has 200 valence electrons. The lowest BCUT2D eigenvalue weighted by Gasteiger charge is -2.24. The quantitative estimate of drug-likeness (QED) is 0.255. The first-order valence-corrected chi connectivity index (χ1v) is 12.6. The van der Waals surface area contributed by atoms with Gasteiger partial charge in [0.25, 0.3) is 5.91 Å². The van der Waals surface area contributed by atoms with Gasteiger partial charge in [-0.1, -0.05) is 26.0 Å². The number of nitrogens with one attached hydrogen (secondary N) is 4. The Morgan fingerprint density at radius 2 is 2.00 bits per heavy atom. The van der Waals surface area contributed by atoms with Crippen LogP contribution in [0.25, 0.3) is 10.9 Å². The molecule has 10 nitrogen and oxygen atoms in total. The van der Waals surface area contributed by atoms with Crippen molar-refractivity contribution in [1.82, 2.24) is 20.9 Å². The Kier molecular flexibility index (Phi) is 9.71. The molecule has 2 aromatic rings. The molecular weight excluding hydrogens is 476 g/mol. The van der Waals surface area contributed by atoms with Gasteiger partial charge < -0.3 is 30.4 Å². The van der Waals surface area contributed by atoms with E-state index < -0.39 is 29.9 Å². The van der Waals surface area contributed by atoms with Crippen molar-refractivity contribution in [2.75, 3.05) is 20.3 Å². The summed E-state index contributed by atoms with van der Waals surface area (Å²) in [5, 5.41) is 9.30. The Bertz CT molecular complexity index is 1150. The monoisotopic (exact) mass is 512 g/mol. The number of amides is 3. The fraction of sp³-hybridized carbons (Fsp3) is 0.481. The third-order valence-electron chi connectivity index (χ3n) is 6.20. The molecule has 1 aromatic carbocycles. The lowest BCUT2D eigenvalue weighted by Crippen LogP contribution is -2.50. The molecule has 1 aromatic heterocycles. The summed E-state index contributed by atoms with van der Waals surface area (Å²) in [6, 6.07) is 5.75. The number of esters is 1. The number of benzene rings is 1. The van der Waals surface area contributed by atoms with Crippen LogP contribution in [0.5, 0.6) is 5.75 Å². The van der Waals surface area contributed by atoms with Gasteiger partial charge in [0.15, 0.2) is 0 Å². The van der Waals surface area contributed by atoms with E-state index in [0.29, 0.717) is 37.3 Å². The van der Waals surface area contributed by atoms with Crippen molar-refractivity contribution in [2.45, 2.75) is 52.1 Å². The molecule has 1 aliphatic rings. The second kappa shape index (κ2) is 12.9. The second-order valence-corrected chi connectivity index (χ2v) is 9.50. The third kappa shape index (κ3) is 7.58. The summed E-state index contributed by atoms with van der Waals surface area (Å²) in [7, 11) is 1.56. The molecule has 0 aliphatic carbocycles. The highest BCUT2D eigenvalue weighted by Crippen LogP contribution is 2.26. The third-order valence-corrected chi connectivity index (χ3v) is 6.20. The molecule has 0 bridgehead atoms. The van der Waals surface area contributed by atoms with Crippen molar-refractivity contribution in [1.29, 1.82) is 0 Å². The highest BCUT2D eigenvalue weighted by molar-refractivity contribution is 6.01. The van der Waals surface area contributed by atoms with Gasteiger partial charge in [0.2, 0.25) is 11.8 Å². The van der Waals surface area contributed by atoms with Gasteiger partial charge in [0.1, 0.15) is 17.5 Å². The standard InChI is InChI=1S/C27H36N4O6/c1-5-37-24(32)10-9-18(14-17-11-12-28-25(17)33)29-26(34)21(13-16(2)3)31-27(35)22-15-19-20(30-22)7-6-8-23(19)36-4/h6-10,15-18,21,30H,5,11-14H2,1-4H3,(H,28,33)(H,29,34)(H,31,35)/b10-9+/t17-,18+,21-/m0/s1. The van der Waals surface area contributed by atoms with Crippen LogP contribution in [-0.2, 0) is 19.1 Å². The Labute approximate surface area is 216 Å². The van der Waals surface area contributed by atoms with Gasteiger partial charge in [-0.3, -0.25) is 14.4 Å². The molecule has 1 aliphatic heterocycles. The number of carbonyl (C=O) groups excluding carboxylic acids is 4. The molecule has 37 heavy (non-hydrogen) atoms. The maximum atomic E-state index is 13.3. The number of rotatable bonds is 12. The summed E-state index contributed by atoms with van der Waals surface area (Å²) in [5.74, 6) is -0.953. The van der Waals surface area contributed by atoms with E-state index in [9.17, 15) is 19.2 Å². The van der Waals surface area contributed by atoms with Crippen LogP contribution in [0.2, 0.25) is 0 Å². The largest absolute Gasteiger partial charge is 0.496 e. The van der Waals surface area contributed by atoms with E-state index in [1.165, 1.54) is 6.08 Å². The maximum absolute atomic E-state index is 13.3. The van der Waals surface area contributed by atoms with Gasteiger partial charge in [-0.05, 0) is 50.3 Å². The fourth-order valence-electron chi connectivity index (χ4n) is 4.40. The summed E-state index contributed by atoms with van der Waals surface area (Å²) < 4.78 is 10.3. The van der Waals surface area contributed by atoms with Crippen LogP contribution >= 0.6 is 0 Å². The minimum Gasteiger partial charge on any atom is -0.496 e. The number of hydrogen-bond acceptors (Lipinski definition) is 6. The Hall–Kier alpha value is -3.82. The van der Waals surface area contributed by atoms with E-state index in [1.807, 2.05) is 26.0 Å². The van der Waals surface area contributed by atoms with Gasteiger partial charge in [0.05, 0.1) is 13.7 Å². The molecular formula is C27H36N4O6. The number of hydrogen-bond donors (Lipinski definition) is 4. The number of carbonyl (C=O) groups is 4. The molecule has 10 heteroatoms. The SMILES string of the molecule is CCOC(=O)/C=C/[C@H](C[C@@H]1CCNC1=O)NC(=O)[C@H](CC(C)C)NC(=O)c1cc2c(OC)cccc2[nH]1. The van der Waals surface area contributed by atoms with Gasteiger partial charge in [-0.25, -0.2) is 4.79 Å². The Morgan fingerprint density at radius 3 is 2.65 bits per heavy atom. The Balaban J connectivity index is 1.76. The molecule has 1 saturated heterocycles. The normalized spacial score (nSPS) is 17.0. The van der Waals surface area contributed by atoms with Crippen molar-refractivity contribution in [3.05, 3.63) is 42.1 Å². The van der Waals surface area contributed by atoms with E-state index in [0.717, 1.165) is 10.9 Å². The van der Waals surface area contributed by atoms with Crippen molar-refractivity contribution >= 4 is 34.6 Å². The summed E-state index contributed by atoms with van der Waals surface area (Å²) in [6.45, 7) is 6.43. The van der Waals surface area contributed by atoms with Crippen molar-refractivity contribution < 1.29 is 28.7 Å². The van der Waals surface area contributed by atoms with E-state index in [1.54, 1.807) is 32.2 Å². The van der Waals surface area contributed by atoms with Crippen LogP contribution in [0, 0.1) is 11.8 Å². The van der Waals surface area contributed by atoms with Crippen molar-refractivity contribution in [3.8, 4) is 5.75 Å². The number of ether oxygens (including phenoxy) is 2. The summed E-state index contributed by atoms with van der Waals surface area (Å²) in [5.41, 5.74) is 1.05. The van der Waals surface area contributed by atoms with Crippen molar-refractivity contribution in [2.24, 2.45) is 11.8 Å². The molecule has 4 N–H and O–H groups in total.